The fourth-order valence-electron chi connectivity index (χ4n) is 4.83. The highest BCUT2D eigenvalue weighted by atomic mass is 16.5. The molecule has 0 bridgehead atoms. The van der Waals surface area contributed by atoms with Crippen LogP contribution < -0.4 is 15.8 Å². The topological polar surface area (TPSA) is 129 Å². The molecule has 0 saturated carbocycles. The van der Waals surface area contributed by atoms with Gasteiger partial charge in [0.2, 0.25) is 0 Å². The van der Waals surface area contributed by atoms with Crippen molar-refractivity contribution in [1.29, 1.82) is 0 Å². The van der Waals surface area contributed by atoms with Crippen molar-refractivity contribution in [2.75, 3.05) is 40.3 Å². The first-order chi connectivity index (χ1) is 18.2. The number of esters is 3. The summed E-state index contributed by atoms with van der Waals surface area (Å²) >= 11 is 0. The minimum atomic E-state index is -1.89. The standard InChI is InChI=1S/C27H28N4O7/c1-30(2)22-19(23(32)31-14-10-9-13-17(31)28-22)21-18(24(33)36-3)20(25(34)37-4)27(29-21,26(35)38-5)15-16-11-7-6-8-12-16/h6-14,21,29H,15H2,1-5H3/t21-,27+/m0/s1. The number of methoxy groups -OCH3 is 3. The summed E-state index contributed by atoms with van der Waals surface area (Å²) < 4.78 is 16.6. The molecule has 1 aromatic carbocycles. The molecule has 0 amide bonds. The molecule has 1 aliphatic heterocycles. The van der Waals surface area contributed by atoms with Crippen molar-refractivity contribution < 1.29 is 28.6 Å². The van der Waals surface area contributed by atoms with Gasteiger partial charge in [-0.05, 0) is 17.7 Å². The summed E-state index contributed by atoms with van der Waals surface area (Å²) in [5, 5.41) is 3.12. The molecule has 4 rings (SSSR count). The van der Waals surface area contributed by atoms with Crippen LogP contribution in [0.2, 0.25) is 0 Å². The van der Waals surface area contributed by atoms with E-state index < -0.39 is 35.0 Å². The maximum absolute atomic E-state index is 13.9. The van der Waals surface area contributed by atoms with Gasteiger partial charge in [-0.1, -0.05) is 36.4 Å². The molecule has 0 fully saturated rings. The number of hydrogen-bond donors (Lipinski definition) is 1. The first-order valence-electron chi connectivity index (χ1n) is 11.7. The zero-order valence-electron chi connectivity index (χ0n) is 21.7. The van der Waals surface area contributed by atoms with E-state index in [2.05, 4.69) is 10.3 Å². The molecule has 0 spiro atoms. The van der Waals surface area contributed by atoms with Crippen LogP contribution in [-0.2, 0) is 35.0 Å². The lowest BCUT2D eigenvalue weighted by Crippen LogP contribution is -2.55. The van der Waals surface area contributed by atoms with Gasteiger partial charge in [-0.15, -0.1) is 0 Å². The van der Waals surface area contributed by atoms with E-state index in [1.54, 1.807) is 73.7 Å². The maximum atomic E-state index is 13.9. The van der Waals surface area contributed by atoms with Crippen molar-refractivity contribution in [2.24, 2.45) is 0 Å². The minimum absolute atomic E-state index is 0.0411. The summed E-state index contributed by atoms with van der Waals surface area (Å²) in [5.41, 5.74) is -1.83. The predicted octanol–water partition coefficient (Wildman–Crippen LogP) is 1.20. The Bertz CT molecular complexity index is 1500. The van der Waals surface area contributed by atoms with E-state index in [4.69, 9.17) is 14.2 Å². The molecule has 3 heterocycles. The summed E-state index contributed by atoms with van der Waals surface area (Å²) in [5.74, 6) is -2.46. The number of aromatic nitrogens is 2. The minimum Gasteiger partial charge on any atom is -0.467 e. The molecule has 2 aromatic heterocycles. The second-order valence-electron chi connectivity index (χ2n) is 8.89. The van der Waals surface area contributed by atoms with Crippen LogP contribution in [0.25, 0.3) is 5.65 Å². The zero-order chi connectivity index (χ0) is 27.6. The van der Waals surface area contributed by atoms with Crippen molar-refractivity contribution in [2.45, 2.75) is 18.0 Å². The van der Waals surface area contributed by atoms with Gasteiger partial charge in [-0.25, -0.2) is 19.4 Å². The maximum Gasteiger partial charge on any atom is 0.336 e. The molecule has 11 nitrogen and oxygen atoms in total. The molecular weight excluding hydrogens is 492 g/mol. The monoisotopic (exact) mass is 520 g/mol. The highest BCUT2D eigenvalue weighted by molar-refractivity contribution is 6.10. The van der Waals surface area contributed by atoms with Crippen molar-refractivity contribution in [3.8, 4) is 0 Å². The van der Waals surface area contributed by atoms with Gasteiger partial charge in [0.25, 0.3) is 5.56 Å². The Balaban J connectivity index is 2.10. The van der Waals surface area contributed by atoms with E-state index in [9.17, 15) is 19.2 Å². The van der Waals surface area contributed by atoms with E-state index in [-0.39, 0.29) is 28.9 Å². The average molecular weight is 521 g/mol. The number of anilines is 1. The molecule has 0 radical (unpaired) electrons. The zero-order valence-corrected chi connectivity index (χ0v) is 21.7. The SMILES string of the molecule is COC(=O)C1=C(C(=O)OC)[C@](Cc2ccccc2)(C(=O)OC)N[C@@H]1c1c(N(C)C)nc2ccccn2c1=O. The van der Waals surface area contributed by atoms with Crippen LogP contribution in [0.15, 0.2) is 70.7 Å². The molecule has 2 atom stereocenters. The number of rotatable bonds is 7. The summed E-state index contributed by atoms with van der Waals surface area (Å²) in [6, 6.07) is 12.7. The summed E-state index contributed by atoms with van der Waals surface area (Å²) in [6.07, 6.45) is 1.46. The third-order valence-electron chi connectivity index (χ3n) is 6.48. The number of carbonyl (C=O) groups is 3. The van der Waals surface area contributed by atoms with Gasteiger partial charge in [0.05, 0.1) is 44.1 Å². The highest BCUT2D eigenvalue weighted by Crippen LogP contribution is 2.43. The van der Waals surface area contributed by atoms with Gasteiger partial charge in [0, 0.05) is 26.7 Å². The number of hydrogen-bond acceptors (Lipinski definition) is 10. The van der Waals surface area contributed by atoms with Crippen molar-refractivity contribution in [1.82, 2.24) is 14.7 Å². The second-order valence-corrected chi connectivity index (χ2v) is 8.89. The number of nitrogens with zero attached hydrogens (tertiary/aromatic N) is 3. The Labute approximate surface area is 218 Å². The molecular formula is C27H28N4O7. The van der Waals surface area contributed by atoms with E-state index in [1.807, 2.05) is 0 Å². The Morgan fingerprint density at radius 1 is 0.974 bits per heavy atom. The molecule has 1 aliphatic rings. The summed E-state index contributed by atoms with van der Waals surface area (Å²) in [4.78, 5) is 60.3. The normalized spacial score (nSPS) is 18.8. The van der Waals surface area contributed by atoms with Crippen molar-refractivity contribution in [3.63, 3.8) is 0 Å². The van der Waals surface area contributed by atoms with Crippen molar-refractivity contribution in [3.05, 3.63) is 87.4 Å². The van der Waals surface area contributed by atoms with Crippen LogP contribution in [0.5, 0.6) is 0 Å². The Morgan fingerprint density at radius 2 is 1.63 bits per heavy atom. The van der Waals surface area contributed by atoms with Gasteiger partial charge in [0.1, 0.15) is 11.5 Å². The van der Waals surface area contributed by atoms with Crippen molar-refractivity contribution >= 4 is 29.4 Å². The lowest BCUT2D eigenvalue weighted by molar-refractivity contribution is -0.149. The van der Waals surface area contributed by atoms with Crippen LogP contribution in [0.4, 0.5) is 5.82 Å². The van der Waals surface area contributed by atoms with Gasteiger partial charge in [0.15, 0.2) is 5.54 Å². The average Bonchev–Trinajstić information content (AvgIpc) is 3.27. The highest BCUT2D eigenvalue weighted by Gasteiger charge is 2.58. The quantitative estimate of drug-likeness (QED) is 0.358. The van der Waals surface area contributed by atoms with E-state index in [0.29, 0.717) is 11.2 Å². The number of ether oxygens (including phenoxy) is 3. The van der Waals surface area contributed by atoms with Gasteiger partial charge in [-0.3, -0.25) is 14.5 Å². The first-order valence-corrected chi connectivity index (χ1v) is 11.7. The van der Waals surface area contributed by atoms with Crippen LogP contribution in [-0.4, -0.2) is 68.3 Å². The Morgan fingerprint density at radius 3 is 2.24 bits per heavy atom. The lowest BCUT2D eigenvalue weighted by Gasteiger charge is -2.30. The molecule has 1 N–H and O–H groups in total. The molecule has 198 valence electrons. The lowest BCUT2D eigenvalue weighted by atomic mass is 9.83. The van der Waals surface area contributed by atoms with Crippen LogP contribution >= 0.6 is 0 Å². The van der Waals surface area contributed by atoms with E-state index >= 15 is 0 Å². The van der Waals surface area contributed by atoms with Gasteiger partial charge in [-0.2, -0.15) is 0 Å². The summed E-state index contributed by atoms with van der Waals surface area (Å²) in [6.45, 7) is 0. The number of nitrogens with one attached hydrogen (secondary N) is 1. The largest absolute Gasteiger partial charge is 0.467 e. The van der Waals surface area contributed by atoms with Gasteiger partial charge < -0.3 is 19.1 Å². The third-order valence-corrected chi connectivity index (χ3v) is 6.48. The number of fused-ring (bicyclic) bond motifs is 1. The molecule has 0 unspecified atom stereocenters. The van der Waals surface area contributed by atoms with Crippen LogP contribution in [0.1, 0.15) is 17.2 Å². The Hall–Kier alpha value is -4.51. The van der Waals surface area contributed by atoms with Gasteiger partial charge >= 0.3 is 17.9 Å². The molecule has 0 aliphatic carbocycles. The van der Waals surface area contributed by atoms with Crippen LogP contribution in [0.3, 0.4) is 0 Å². The first kappa shape index (κ1) is 26.6. The smallest absolute Gasteiger partial charge is 0.336 e. The summed E-state index contributed by atoms with van der Waals surface area (Å²) in [7, 11) is 6.85. The fraction of sp³-hybridized carbons (Fsp3) is 0.296. The van der Waals surface area contributed by atoms with E-state index in [0.717, 1.165) is 14.2 Å². The Kier molecular flexibility index (Phi) is 7.31. The molecule has 0 saturated heterocycles. The van der Waals surface area contributed by atoms with E-state index in [1.165, 1.54) is 11.5 Å². The molecule has 3 aromatic rings. The third kappa shape index (κ3) is 4.30. The number of pyridine rings is 1. The van der Waals surface area contributed by atoms with Crippen LogP contribution in [0, 0.1) is 0 Å². The number of carbonyl (C=O) groups excluding carboxylic acids is 3. The fourth-order valence-corrected chi connectivity index (χ4v) is 4.83. The molecule has 38 heavy (non-hydrogen) atoms. The molecule has 11 heteroatoms. The predicted molar refractivity (Wildman–Crippen MR) is 138 cm³/mol. The number of benzene rings is 1. The second kappa shape index (κ2) is 10.5.